The van der Waals surface area contributed by atoms with E-state index in [-0.39, 0.29) is 5.91 Å². The number of ether oxygens (including phenoxy) is 2. The van der Waals surface area contributed by atoms with Crippen LogP contribution in [0.15, 0.2) is 36.8 Å². The zero-order valence-corrected chi connectivity index (χ0v) is 17.3. The number of pyridine rings is 2. The Morgan fingerprint density at radius 1 is 1.14 bits per heavy atom. The topological polar surface area (TPSA) is 82.4 Å². The number of nitrogens with zero attached hydrogens (tertiary/aromatic N) is 5. The molecule has 0 aliphatic carbocycles. The summed E-state index contributed by atoms with van der Waals surface area (Å²) in [6.07, 6.45) is 5.24. The van der Waals surface area contributed by atoms with E-state index in [1.165, 1.54) is 0 Å². The van der Waals surface area contributed by atoms with Crippen molar-refractivity contribution in [2.45, 2.75) is 33.9 Å². The maximum absolute atomic E-state index is 12.7. The van der Waals surface area contributed by atoms with E-state index in [0.717, 1.165) is 29.2 Å². The van der Waals surface area contributed by atoms with Crippen LogP contribution in [-0.2, 0) is 13.1 Å². The monoisotopic (exact) mass is 395 g/mol. The highest BCUT2D eigenvalue weighted by Gasteiger charge is 2.30. The molecule has 0 spiro atoms. The van der Waals surface area contributed by atoms with Crippen LogP contribution in [0.2, 0.25) is 0 Å². The smallest absolute Gasteiger partial charge is 0.260 e. The molecule has 1 aliphatic rings. The van der Waals surface area contributed by atoms with Crippen molar-refractivity contribution in [3.05, 3.63) is 48.0 Å². The molecule has 1 amide bonds. The number of methoxy groups -OCH3 is 2. The third-order valence-corrected chi connectivity index (χ3v) is 4.54. The first-order valence-electron chi connectivity index (χ1n) is 9.57. The largest absolute Gasteiger partial charge is 0.491 e. The molecular weight excluding hydrogens is 370 g/mol. The van der Waals surface area contributed by atoms with Gasteiger partial charge in [-0.1, -0.05) is 13.8 Å². The van der Waals surface area contributed by atoms with Crippen molar-refractivity contribution in [1.29, 1.82) is 0 Å². The Bertz CT molecular complexity index is 1020. The second-order valence-electron chi connectivity index (χ2n) is 6.07. The fourth-order valence-electron chi connectivity index (χ4n) is 3.09. The van der Waals surface area contributed by atoms with Crippen molar-refractivity contribution < 1.29 is 14.3 Å². The maximum Gasteiger partial charge on any atom is 0.260 e. The SMILES string of the molecule is CC.CCn1cc(N2Cc3nc(-c4cnc(OC)c(OC)c4)ccc3C2=O)cn1. The van der Waals surface area contributed by atoms with Gasteiger partial charge in [0.1, 0.15) is 0 Å². The molecule has 0 bridgehead atoms. The van der Waals surface area contributed by atoms with Crippen molar-refractivity contribution in [2.75, 3.05) is 19.1 Å². The number of hydrogen-bond donors (Lipinski definition) is 0. The van der Waals surface area contributed by atoms with Gasteiger partial charge < -0.3 is 9.47 Å². The molecular formula is C21H25N5O3. The number of aromatic nitrogens is 4. The molecule has 4 rings (SSSR count). The zero-order chi connectivity index (χ0) is 21.0. The second-order valence-corrected chi connectivity index (χ2v) is 6.07. The zero-order valence-electron chi connectivity index (χ0n) is 17.3. The Morgan fingerprint density at radius 3 is 2.59 bits per heavy atom. The average Bonchev–Trinajstić information content (AvgIpc) is 3.38. The van der Waals surface area contributed by atoms with Gasteiger partial charge >= 0.3 is 0 Å². The summed E-state index contributed by atoms with van der Waals surface area (Å²) >= 11 is 0. The Hall–Kier alpha value is -3.42. The van der Waals surface area contributed by atoms with Crippen molar-refractivity contribution in [3.63, 3.8) is 0 Å². The molecule has 0 atom stereocenters. The van der Waals surface area contributed by atoms with Gasteiger partial charge in [-0.15, -0.1) is 0 Å². The van der Waals surface area contributed by atoms with Crippen LogP contribution in [0.3, 0.4) is 0 Å². The van der Waals surface area contributed by atoms with Gasteiger partial charge in [0.15, 0.2) is 5.75 Å². The first-order valence-corrected chi connectivity index (χ1v) is 9.57. The summed E-state index contributed by atoms with van der Waals surface area (Å²) < 4.78 is 12.3. The molecule has 4 heterocycles. The van der Waals surface area contributed by atoms with E-state index in [1.54, 1.807) is 42.3 Å². The van der Waals surface area contributed by atoms with Crippen molar-refractivity contribution >= 4 is 11.6 Å². The van der Waals surface area contributed by atoms with Gasteiger partial charge in [-0.25, -0.2) is 4.98 Å². The van der Waals surface area contributed by atoms with Crippen LogP contribution in [0, 0.1) is 0 Å². The van der Waals surface area contributed by atoms with E-state index in [1.807, 2.05) is 39.1 Å². The van der Waals surface area contributed by atoms with E-state index in [0.29, 0.717) is 23.7 Å². The van der Waals surface area contributed by atoms with Crippen LogP contribution in [-0.4, -0.2) is 39.9 Å². The van der Waals surface area contributed by atoms with Crippen LogP contribution >= 0.6 is 0 Å². The minimum absolute atomic E-state index is 0.0647. The molecule has 1 aliphatic heterocycles. The summed E-state index contributed by atoms with van der Waals surface area (Å²) in [6.45, 7) is 7.17. The summed E-state index contributed by atoms with van der Waals surface area (Å²) in [7, 11) is 3.10. The van der Waals surface area contributed by atoms with E-state index in [4.69, 9.17) is 9.47 Å². The van der Waals surface area contributed by atoms with E-state index in [2.05, 4.69) is 15.1 Å². The minimum Gasteiger partial charge on any atom is -0.491 e. The summed E-state index contributed by atoms with van der Waals surface area (Å²) in [4.78, 5) is 23.3. The molecule has 3 aromatic rings. The molecule has 0 N–H and O–H groups in total. The van der Waals surface area contributed by atoms with Crippen LogP contribution in [0.1, 0.15) is 36.8 Å². The Kier molecular flexibility index (Phi) is 6.11. The number of hydrogen-bond acceptors (Lipinski definition) is 6. The third kappa shape index (κ3) is 3.78. The number of carbonyl (C=O) groups excluding carboxylic acids is 1. The Balaban J connectivity index is 0.00000117. The summed E-state index contributed by atoms with van der Waals surface area (Å²) in [5.41, 5.74) is 3.63. The molecule has 0 saturated heterocycles. The highest BCUT2D eigenvalue weighted by molar-refractivity contribution is 6.09. The Labute approximate surface area is 170 Å². The quantitative estimate of drug-likeness (QED) is 0.657. The number of amides is 1. The lowest BCUT2D eigenvalue weighted by Gasteiger charge is -2.11. The standard InChI is InChI=1S/C19H19N5O3.C2H6/c1-4-23-10-13(9-21-23)24-11-16-14(19(24)25)5-6-15(22-16)12-7-17(26-2)18(27-3)20-8-12;1-2/h5-10H,4,11H2,1-3H3;1-2H3. The lowest BCUT2D eigenvalue weighted by atomic mass is 10.1. The highest BCUT2D eigenvalue weighted by Crippen LogP contribution is 2.32. The second kappa shape index (κ2) is 8.72. The molecule has 0 fully saturated rings. The molecule has 0 aromatic carbocycles. The molecule has 8 heteroatoms. The fraction of sp³-hybridized carbons (Fsp3) is 0.333. The van der Waals surface area contributed by atoms with E-state index < -0.39 is 0 Å². The Morgan fingerprint density at radius 2 is 1.93 bits per heavy atom. The van der Waals surface area contributed by atoms with E-state index >= 15 is 0 Å². The van der Waals surface area contributed by atoms with Gasteiger partial charge in [0.2, 0.25) is 0 Å². The number of anilines is 1. The number of carbonyl (C=O) groups is 1. The predicted octanol–water partition coefficient (Wildman–Crippen LogP) is 3.56. The van der Waals surface area contributed by atoms with Crippen LogP contribution < -0.4 is 14.4 Å². The van der Waals surface area contributed by atoms with E-state index in [9.17, 15) is 4.79 Å². The van der Waals surface area contributed by atoms with Gasteiger partial charge in [-0.3, -0.25) is 19.4 Å². The molecule has 29 heavy (non-hydrogen) atoms. The molecule has 8 nitrogen and oxygen atoms in total. The van der Waals surface area contributed by atoms with Gasteiger partial charge in [-0.05, 0) is 25.1 Å². The lowest BCUT2D eigenvalue weighted by molar-refractivity contribution is 0.0996. The first-order chi connectivity index (χ1) is 14.1. The predicted molar refractivity (Wildman–Crippen MR) is 110 cm³/mol. The maximum atomic E-state index is 12.7. The molecule has 3 aromatic heterocycles. The van der Waals surface area contributed by atoms with Gasteiger partial charge in [0.05, 0.1) is 49.6 Å². The van der Waals surface area contributed by atoms with Gasteiger partial charge in [-0.2, -0.15) is 5.10 Å². The van der Waals surface area contributed by atoms with Gasteiger partial charge in [0, 0.05) is 24.5 Å². The van der Waals surface area contributed by atoms with Crippen molar-refractivity contribution in [1.82, 2.24) is 19.7 Å². The van der Waals surface area contributed by atoms with Crippen LogP contribution in [0.25, 0.3) is 11.3 Å². The summed E-state index contributed by atoms with van der Waals surface area (Å²) in [6, 6.07) is 5.44. The van der Waals surface area contributed by atoms with Gasteiger partial charge in [0.25, 0.3) is 11.8 Å². The number of fused-ring (bicyclic) bond motifs is 1. The number of rotatable bonds is 5. The van der Waals surface area contributed by atoms with Crippen LogP contribution in [0.4, 0.5) is 5.69 Å². The summed E-state index contributed by atoms with van der Waals surface area (Å²) in [5.74, 6) is 0.879. The average molecular weight is 395 g/mol. The normalized spacial score (nSPS) is 12.3. The molecule has 0 radical (unpaired) electrons. The lowest BCUT2D eigenvalue weighted by Crippen LogP contribution is -2.22. The first kappa shape index (κ1) is 20.3. The minimum atomic E-state index is -0.0647. The number of aryl methyl sites for hydroxylation is 1. The third-order valence-electron chi connectivity index (χ3n) is 4.54. The van der Waals surface area contributed by atoms with Crippen molar-refractivity contribution in [3.8, 4) is 22.9 Å². The fourth-order valence-corrected chi connectivity index (χ4v) is 3.09. The molecule has 152 valence electrons. The molecule has 0 saturated carbocycles. The van der Waals surface area contributed by atoms with Crippen molar-refractivity contribution in [2.24, 2.45) is 0 Å². The van der Waals surface area contributed by atoms with Crippen LogP contribution in [0.5, 0.6) is 11.6 Å². The summed E-state index contributed by atoms with van der Waals surface area (Å²) in [5, 5.41) is 4.25. The highest BCUT2D eigenvalue weighted by atomic mass is 16.5. The molecule has 0 unspecified atom stereocenters.